The number of rotatable bonds is 3. The average Bonchev–Trinajstić information content (AvgIpc) is 2.76. The highest BCUT2D eigenvalue weighted by molar-refractivity contribution is 6.30. The highest BCUT2D eigenvalue weighted by atomic mass is 35.5. The summed E-state index contributed by atoms with van der Waals surface area (Å²) in [5.41, 5.74) is 2.04. The smallest absolute Gasteiger partial charge is 0.358 e. The van der Waals surface area contributed by atoms with Gasteiger partial charge in [0.15, 0.2) is 5.69 Å². The van der Waals surface area contributed by atoms with E-state index in [0.29, 0.717) is 17.4 Å². The van der Waals surface area contributed by atoms with Crippen molar-refractivity contribution in [1.82, 2.24) is 24.8 Å². The molecule has 0 atom stereocenters. The Kier molecular flexibility index (Phi) is 3.08. The van der Waals surface area contributed by atoms with Gasteiger partial charge in [0.2, 0.25) is 0 Å². The van der Waals surface area contributed by atoms with Gasteiger partial charge in [0.1, 0.15) is 5.15 Å². The van der Waals surface area contributed by atoms with E-state index in [1.54, 1.807) is 18.7 Å². The summed E-state index contributed by atoms with van der Waals surface area (Å²) < 4.78 is 3.07. The van der Waals surface area contributed by atoms with Crippen LogP contribution >= 0.6 is 11.6 Å². The van der Waals surface area contributed by atoms with Crippen LogP contribution in [0.1, 0.15) is 27.4 Å². The van der Waals surface area contributed by atoms with E-state index >= 15 is 0 Å². The van der Waals surface area contributed by atoms with Gasteiger partial charge in [-0.1, -0.05) is 16.8 Å². The van der Waals surface area contributed by atoms with Crippen LogP contribution in [0, 0.1) is 13.8 Å². The van der Waals surface area contributed by atoms with Crippen molar-refractivity contribution in [3.63, 3.8) is 0 Å². The number of aromatic nitrogens is 5. The Morgan fingerprint density at radius 3 is 2.56 bits per heavy atom. The molecule has 8 heteroatoms. The molecule has 18 heavy (non-hydrogen) atoms. The Hall–Kier alpha value is -1.89. The normalized spacial score (nSPS) is 10.9. The van der Waals surface area contributed by atoms with E-state index in [9.17, 15) is 4.79 Å². The van der Waals surface area contributed by atoms with Crippen molar-refractivity contribution < 1.29 is 9.90 Å². The molecule has 0 amide bonds. The van der Waals surface area contributed by atoms with Crippen molar-refractivity contribution in [1.29, 1.82) is 0 Å². The lowest BCUT2D eigenvalue weighted by Crippen LogP contribution is -2.06. The van der Waals surface area contributed by atoms with E-state index in [1.807, 2.05) is 6.92 Å². The van der Waals surface area contributed by atoms with Crippen molar-refractivity contribution in [3.05, 3.63) is 27.8 Å². The fourth-order valence-electron chi connectivity index (χ4n) is 1.71. The monoisotopic (exact) mass is 269 g/mol. The third-order valence-corrected chi connectivity index (χ3v) is 3.24. The van der Waals surface area contributed by atoms with Gasteiger partial charge in [0, 0.05) is 12.6 Å². The van der Waals surface area contributed by atoms with Crippen LogP contribution in [0.3, 0.4) is 0 Å². The maximum Gasteiger partial charge on any atom is 0.358 e. The molecule has 0 fully saturated rings. The molecule has 0 aliphatic heterocycles. The molecule has 0 spiro atoms. The first-order valence-corrected chi connectivity index (χ1v) is 5.61. The van der Waals surface area contributed by atoms with Crippen LogP contribution in [0.2, 0.25) is 5.15 Å². The highest BCUT2D eigenvalue weighted by Crippen LogP contribution is 2.20. The summed E-state index contributed by atoms with van der Waals surface area (Å²) >= 11 is 6.11. The standard InChI is InChI=1S/C10H12ClN5O2/c1-5-7(9(11)15(3)13-5)4-16-6(2)8(10(17)18)12-14-16/h4H2,1-3H3,(H,17,18). The molecule has 2 rings (SSSR count). The van der Waals surface area contributed by atoms with E-state index in [0.717, 1.165) is 11.3 Å². The minimum absolute atomic E-state index is 0.0485. The van der Waals surface area contributed by atoms with E-state index in [4.69, 9.17) is 16.7 Å². The van der Waals surface area contributed by atoms with Crippen molar-refractivity contribution in [3.8, 4) is 0 Å². The summed E-state index contributed by atoms with van der Waals surface area (Å²) in [5.74, 6) is -1.09. The van der Waals surface area contributed by atoms with Crippen molar-refractivity contribution in [2.75, 3.05) is 0 Å². The molecule has 7 nitrogen and oxygen atoms in total. The van der Waals surface area contributed by atoms with Gasteiger partial charge in [0.25, 0.3) is 0 Å². The Morgan fingerprint density at radius 2 is 2.11 bits per heavy atom. The highest BCUT2D eigenvalue weighted by Gasteiger charge is 2.18. The van der Waals surface area contributed by atoms with Crippen LogP contribution in [-0.2, 0) is 13.6 Å². The van der Waals surface area contributed by atoms with E-state index in [1.165, 1.54) is 4.68 Å². The molecule has 2 aromatic rings. The lowest BCUT2D eigenvalue weighted by molar-refractivity contribution is 0.0689. The average molecular weight is 270 g/mol. The molecular weight excluding hydrogens is 258 g/mol. The minimum Gasteiger partial charge on any atom is -0.476 e. The summed E-state index contributed by atoms with van der Waals surface area (Å²) in [5, 5.41) is 21.0. The number of carboxylic acids is 1. The third kappa shape index (κ3) is 1.97. The second-order valence-electron chi connectivity index (χ2n) is 3.96. The molecule has 96 valence electrons. The molecule has 2 aromatic heterocycles. The van der Waals surface area contributed by atoms with Crippen molar-refractivity contribution in [2.45, 2.75) is 20.4 Å². The van der Waals surface area contributed by atoms with E-state index in [-0.39, 0.29) is 5.69 Å². The molecule has 0 aliphatic carbocycles. The fourth-order valence-corrected chi connectivity index (χ4v) is 1.95. The second-order valence-corrected chi connectivity index (χ2v) is 4.32. The molecule has 0 saturated heterocycles. The molecule has 0 aromatic carbocycles. The molecule has 0 unspecified atom stereocenters. The van der Waals surface area contributed by atoms with Crippen LogP contribution in [-0.4, -0.2) is 35.9 Å². The number of hydrogen-bond acceptors (Lipinski definition) is 4. The lowest BCUT2D eigenvalue weighted by Gasteiger charge is -2.03. The minimum atomic E-state index is -1.09. The topological polar surface area (TPSA) is 85.8 Å². The van der Waals surface area contributed by atoms with Gasteiger partial charge in [-0.2, -0.15) is 5.10 Å². The van der Waals surface area contributed by atoms with Crippen LogP contribution in [0.25, 0.3) is 0 Å². The first-order valence-electron chi connectivity index (χ1n) is 5.23. The van der Waals surface area contributed by atoms with Crippen LogP contribution in [0.5, 0.6) is 0 Å². The molecular formula is C10H12ClN5O2. The number of halogens is 1. The van der Waals surface area contributed by atoms with E-state index < -0.39 is 5.97 Å². The quantitative estimate of drug-likeness (QED) is 0.899. The predicted molar refractivity (Wildman–Crippen MR) is 63.8 cm³/mol. The van der Waals surface area contributed by atoms with Crippen LogP contribution in [0.4, 0.5) is 0 Å². The first kappa shape index (κ1) is 12.6. The summed E-state index contributed by atoms with van der Waals surface area (Å²) in [7, 11) is 1.75. The zero-order valence-corrected chi connectivity index (χ0v) is 10.9. The van der Waals surface area contributed by atoms with Gasteiger partial charge in [-0.25, -0.2) is 9.48 Å². The maximum atomic E-state index is 10.9. The zero-order valence-electron chi connectivity index (χ0n) is 10.2. The Balaban J connectivity index is 2.38. The molecule has 1 N–H and O–H groups in total. The van der Waals surface area contributed by atoms with E-state index in [2.05, 4.69) is 15.4 Å². The van der Waals surface area contributed by atoms with Gasteiger partial charge < -0.3 is 5.11 Å². The molecule has 2 heterocycles. The SMILES string of the molecule is Cc1nn(C)c(Cl)c1Cn1nnc(C(=O)O)c1C. The molecule has 0 saturated carbocycles. The fraction of sp³-hybridized carbons (Fsp3) is 0.400. The number of hydrogen-bond donors (Lipinski definition) is 1. The third-order valence-electron chi connectivity index (χ3n) is 2.76. The number of nitrogens with zero attached hydrogens (tertiary/aromatic N) is 5. The summed E-state index contributed by atoms with van der Waals surface area (Å²) in [6.45, 7) is 3.85. The zero-order chi connectivity index (χ0) is 13.4. The Bertz CT molecular complexity index is 616. The summed E-state index contributed by atoms with van der Waals surface area (Å²) in [6.07, 6.45) is 0. The van der Waals surface area contributed by atoms with Gasteiger partial charge in [-0.15, -0.1) is 5.10 Å². The van der Waals surface area contributed by atoms with Gasteiger partial charge in [-0.05, 0) is 13.8 Å². The summed E-state index contributed by atoms with van der Waals surface area (Å²) in [6, 6.07) is 0. The largest absolute Gasteiger partial charge is 0.476 e. The Labute approximate surface area is 108 Å². The van der Waals surface area contributed by atoms with Gasteiger partial charge in [-0.3, -0.25) is 4.68 Å². The number of aryl methyl sites for hydroxylation is 2. The number of carboxylic acid groups (broad SMARTS) is 1. The van der Waals surface area contributed by atoms with Gasteiger partial charge >= 0.3 is 5.97 Å². The predicted octanol–water partition coefficient (Wildman–Crippen LogP) is 1.03. The van der Waals surface area contributed by atoms with Gasteiger partial charge in [0.05, 0.1) is 17.9 Å². The number of carbonyl (C=O) groups is 1. The van der Waals surface area contributed by atoms with Crippen molar-refractivity contribution in [2.24, 2.45) is 7.05 Å². The first-order chi connectivity index (χ1) is 8.41. The Morgan fingerprint density at radius 1 is 1.44 bits per heavy atom. The summed E-state index contributed by atoms with van der Waals surface area (Å²) in [4.78, 5) is 10.9. The van der Waals surface area contributed by atoms with Crippen LogP contribution in [0.15, 0.2) is 0 Å². The molecule has 0 aliphatic rings. The maximum absolute atomic E-state index is 10.9. The second kappa shape index (κ2) is 4.41. The number of aromatic carboxylic acids is 1. The lowest BCUT2D eigenvalue weighted by atomic mass is 10.2. The molecule has 0 bridgehead atoms. The van der Waals surface area contributed by atoms with Crippen LogP contribution < -0.4 is 0 Å². The molecule has 0 radical (unpaired) electrons. The van der Waals surface area contributed by atoms with Crippen molar-refractivity contribution >= 4 is 17.6 Å².